The summed E-state index contributed by atoms with van der Waals surface area (Å²) < 4.78 is 0. The van der Waals surface area contributed by atoms with Crippen LogP contribution in [0.1, 0.15) is 5.56 Å². The van der Waals surface area contributed by atoms with Crippen molar-refractivity contribution in [3.63, 3.8) is 0 Å². The molecule has 0 saturated heterocycles. The van der Waals surface area contributed by atoms with Crippen molar-refractivity contribution >= 4 is 17.6 Å². The Bertz CT molecular complexity index is 417. The molecule has 14 heavy (non-hydrogen) atoms. The van der Waals surface area contributed by atoms with Crippen molar-refractivity contribution in [1.82, 2.24) is 4.98 Å². The van der Waals surface area contributed by atoms with E-state index in [2.05, 4.69) is 10.1 Å². The molecule has 0 spiro atoms. The minimum atomic E-state index is 1.00. The summed E-state index contributed by atoms with van der Waals surface area (Å²) in [5.74, 6) is 5.05. The Balaban J connectivity index is 2.31. The third kappa shape index (κ3) is 1.80. The van der Waals surface area contributed by atoms with E-state index in [0.29, 0.717) is 0 Å². The highest BCUT2D eigenvalue weighted by atomic mass is 32.1. The number of nitrogens with zero attached hydrogens (tertiary/aromatic N) is 2. The van der Waals surface area contributed by atoms with Gasteiger partial charge in [0.1, 0.15) is 0 Å². The summed E-state index contributed by atoms with van der Waals surface area (Å²) in [6.45, 7) is 0. The maximum absolute atomic E-state index is 5.05. The zero-order chi connectivity index (χ0) is 9.80. The van der Waals surface area contributed by atoms with E-state index < -0.39 is 0 Å². The second-order valence-corrected chi connectivity index (χ2v) is 3.65. The SMILES string of the molecule is NN=Cc1ccc(-c2cncs2)cc1. The quantitative estimate of drug-likeness (QED) is 0.461. The highest BCUT2D eigenvalue weighted by molar-refractivity contribution is 7.13. The monoisotopic (exact) mass is 203 g/mol. The first-order valence-electron chi connectivity index (χ1n) is 4.12. The lowest BCUT2D eigenvalue weighted by atomic mass is 10.1. The van der Waals surface area contributed by atoms with Crippen molar-refractivity contribution in [2.75, 3.05) is 0 Å². The molecule has 0 saturated carbocycles. The van der Waals surface area contributed by atoms with Gasteiger partial charge in [0, 0.05) is 6.20 Å². The van der Waals surface area contributed by atoms with E-state index >= 15 is 0 Å². The molecule has 0 aliphatic rings. The zero-order valence-corrected chi connectivity index (χ0v) is 8.24. The van der Waals surface area contributed by atoms with Gasteiger partial charge in [0.05, 0.1) is 16.6 Å². The number of benzene rings is 1. The molecule has 0 aliphatic carbocycles. The van der Waals surface area contributed by atoms with Gasteiger partial charge in [-0.25, -0.2) is 0 Å². The van der Waals surface area contributed by atoms with Crippen LogP contribution in [0, 0.1) is 0 Å². The average Bonchev–Trinajstić information content (AvgIpc) is 2.72. The van der Waals surface area contributed by atoms with E-state index in [0.717, 1.165) is 5.56 Å². The van der Waals surface area contributed by atoms with E-state index in [1.54, 1.807) is 17.6 Å². The molecule has 1 aromatic heterocycles. The highest BCUT2D eigenvalue weighted by Crippen LogP contribution is 2.22. The fourth-order valence-corrected chi connectivity index (χ4v) is 1.81. The van der Waals surface area contributed by atoms with Gasteiger partial charge < -0.3 is 5.84 Å². The van der Waals surface area contributed by atoms with Crippen molar-refractivity contribution < 1.29 is 0 Å². The molecule has 70 valence electrons. The molecule has 2 aromatic rings. The number of nitrogens with two attached hydrogens (primary N) is 1. The van der Waals surface area contributed by atoms with E-state index in [1.165, 1.54) is 10.4 Å². The second kappa shape index (κ2) is 4.02. The first-order chi connectivity index (χ1) is 6.90. The Labute approximate surface area is 85.9 Å². The molecule has 0 radical (unpaired) electrons. The number of thiazole rings is 1. The van der Waals surface area contributed by atoms with Crippen LogP contribution in [-0.4, -0.2) is 11.2 Å². The largest absolute Gasteiger partial charge is 0.323 e. The third-order valence-corrected chi connectivity index (χ3v) is 2.67. The minimum absolute atomic E-state index is 1.00. The predicted molar refractivity (Wildman–Crippen MR) is 59.3 cm³/mol. The van der Waals surface area contributed by atoms with Crippen LogP contribution < -0.4 is 5.84 Å². The fourth-order valence-electron chi connectivity index (χ4n) is 1.18. The minimum Gasteiger partial charge on any atom is -0.323 e. The first-order valence-corrected chi connectivity index (χ1v) is 5.00. The van der Waals surface area contributed by atoms with Gasteiger partial charge in [-0.15, -0.1) is 11.3 Å². The standard InChI is InChI=1S/C10H9N3S/c11-13-5-8-1-3-9(4-2-8)10-6-12-7-14-10/h1-7H,11H2. The van der Waals surface area contributed by atoms with E-state index in [-0.39, 0.29) is 0 Å². The molecule has 0 atom stereocenters. The highest BCUT2D eigenvalue weighted by Gasteiger charge is 1.97. The average molecular weight is 203 g/mol. The molecule has 0 fully saturated rings. The maximum atomic E-state index is 5.05. The molecule has 3 nitrogen and oxygen atoms in total. The zero-order valence-electron chi connectivity index (χ0n) is 7.42. The van der Waals surface area contributed by atoms with Crippen LogP contribution in [0.2, 0.25) is 0 Å². The van der Waals surface area contributed by atoms with Crippen LogP contribution in [0.15, 0.2) is 41.1 Å². The lowest BCUT2D eigenvalue weighted by Crippen LogP contribution is -1.85. The normalized spacial score (nSPS) is 10.9. The van der Waals surface area contributed by atoms with E-state index in [1.807, 2.05) is 36.0 Å². The molecule has 2 N–H and O–H groups in total. The fraction of sp³-hybridized carbons (Fsp3) is 0. The number of hydrazone groups is 1. The van der Waals surface area contributed by atoms with Crippen LogP contribution >= 0.6 is 11.3 Å². The van der Waals surface area contributed by atoms with Gasteiger partial charge in [0.2, 0.25) is 0 Å². The van der Waals surface area contributed by atoms with Gasteiger partial charge in [-0.3, -0.25) is 4.98 Å². The summed E-state index contributed by atoms with van der Waals surface area (Å²) in [5.41, 5.74) is 3.99. The molecule has 0 unspecified atom stereocenters. The van der Waals surface area contributed by atoms with Crippen LogP contribution in [0.5, 0.6) is 0 Å². The van der Waals surface area contributed by atoms with Crippen LogP contribution in [0.3, 0.4) is 0 Å². The van der Waals surface area contributed by atoms with Crippen molar-refractivity contribution in [2.45, 2.75) is 0 Å². The number of rotatable bonds is 2. The smallest absolute Gasteiger partial charge is 0.0797 e. The Morgan fingerprint density at radius 2 is 2.07 bits per heavy atom. The van der Waals surface area contributed by atoms with Crippen LogP contribution in [0.4, 0.5) is 0 Å². The maximum Gasteiger partial charge on any atom is 0.0797 e. The van der Waals surface area contributed by atoms with Gasteiger partial charge in [-0.2, -0.15) is 5.10 Å². The summed E-state index contributed by atoms with van der Waals surface area (Å²) in [5, 5.41) is 3.46. The van der Waals surface area contributed by atoms with Gasteiger partial charge >= 0.3 is 0 Å². The predicted octanol–water partition coefficient (Wildman–Crippen LogP) is 2.10. The lowest BCUT2D eigenvalue weighted by Gasteiger charge is -1.96. The molecule has 0 amide bonds. The van der Waals surface area contributed by atoms with Crippen molar-refractivity contribution in [1.29, 1.82) is 0 Å². The van der Waals surface area contributed by atoms with Crippen molar-refractivity contribution in [2.24, 2.45) is 10.9 Å². The van der Waals surface area contributed by atoms with Crippen molar-refractivity contribution in [3.05, 3.63) is 41.5 Å². The van der Waals surface area contributed by atoms with Gasteiger partial charge in [0.15, 0.2) is 0 Å². The molecule has 2 rings (SSSR count). The lowest BCUT2D eigenvalue weighted by molar-refractivity contribution is 1.26. The first kappa shape index (κ1) is 8.90. The summed E-state index contributed by atoms with van der Waals surface area (Å²) in [7, 11) is 0. The van der Waals surface area contributed by atoms with Gasteiger partial charge in [-0.1, -0.05) is 24.3 Å². The number of aromatic nitrogens is 1. The Morgan fingerprint density at radius 3 is 2.64 bits per heavy atom. The molecule has 0 bridgehead atoms. The topological polar surface area (TPSA) is 51.3 Å². The summed E-state index contributed by atoms with van der Waals surface area (Å²) in [4.78, 5) is 5.20. The summed E-state index contributed by atoms with van der Waals surface area (Å²) in [6, 6.07) is 8.02. The molecule has 1 aromatic carbocycles. The molecular formula is C10H9N3S. The second-order valence-electron chi connectivity index (χ2n) is 2.77. The number of hydrogen-bond acceptors (Lipinski definition) is 4. The Hall–Kier alpha value is -1.68. The summed E-state index contributed by atoms with van der Waals surface area (Å²) in [6.07, 6.45) is 3.48. The van der Waals surface area contributed by atoms with E-state index in [4.69, 9.17) is 5.84 Å². The number of hydrogen-bond donors (Lipinski definition) is 1. The van der Waals surface area contributed by atoms with Gasteiger partial charge in [-0.05, 0) is 11.1 Å². The summed E-state index contributed by atoms with van der Waals surface area (Å²) >= 11 is 1.63. The Kier molecular flexibility index (Phi) is 2.55. The van der Waals surface area contributed by atoms with Crippen LogP contribution in [-0.2, 0) is 0 Å². The third-order valence-electron chi connectivity index (χ3n) is 1.85. The van der Waals surface area contributed by atoms with Gasteiger partial charge in [0.25, 0.3) is 0 Å². The van der Waals surface area contributed by atoms with Crippen molar-refractivity contribution in [3.8, 4) is 10.4 Å². The van der Waals surface area contributed by atoms with E-state index in [9.17, 15) is 0 Å². The molecular weight excluding hydrogens is 194 g/mol. The Morgan fingerprint density at radius 1 is 1.29 bits per heavy atom. The molecule has 1 heterocycles. The molecule has 4 heteroatoms. The van der Waals surface area contributed by atoms with Crippen LogP contribution in [0.25, 0.3) is 10.4 Å². The molecule has 0 aliphatic heterocycles.